The minimum absolute atomic E-state index is 0.155. The summed E-state index contributed by atoms with van der Waals surface area (Å²) < 4.78 is 0. The molecule has 74 valence electrons. The van der Waals surface area contributed by atoms with Gasteiger partial charge in [0.25, 0.3) is 0 Å². The number of hydroxylamine groups is 1. The molecular weight excluding hydrogens is 178 g/mol. The molecule has 0 saturated carbocycles. The minimum Gasteiger partial charge on any atom is -0.272 e. The van der Waals surface area contributed by atoms with Crippen molar-refractivity contribution in [2.45, 2.75) is 6.42 Å². The summed E-state index contributed by atoms with van der Waals surface area (Å²) in [7, 11) is 0. The second-order valence-corrected chi connectivity index (χ2v) is 2.79. The van der Waals surface area contributed by atoms with Gasteiger partial charge < -0.3 is 0 Å². The SMILES string of the molecule is C=CCONC(=O)Cc1ccccc1. The van der Waals surface area contributed by atoms with Crippen molar-refractivity contribution in [3.8, 4) is 0 Å². The second-order valence-electron chi connectivity index (χ2n) is 2.79. The molecule has 1 aromatic carbocycles. The van der Waals surface area contributed by atoms with Crippen molar-refractivity contribution in [1.82, 2.24) is 5.48 Å². The Hall–Kier alpha value is -1.61. The minimum atomic E-state index is -0.155. The van der Waals surface area contributed by atoms with Crippen LogP contribution in [0.2, 0.25) is 0 Å². The first kappa shape index (κ1) is 10.5. The topological polar surface area (TPSA) is 38.3 Å². The summed E-state index contributed by atoms with van der Waals surface area (Å²) in [6.45, 7) is 3.79. The molecule has 3 nitrogen and oxygen atoms in total. The molecule has 1 aromatic rings. The highest BCUT2D eigenvalue weighted by atomic mass is 16.6. The van der Waals surface area contributed by atoms with Gasteiger partial charge in [-0.3, -0.25) is 9.63 Å². The van der Waals surface area contributed by atoms with Crippen LogP contribution < -0.4 is 5.48 Å². The molecule has 0 aliphatic carbocycles. The summed E-state index contributed by atoms with van der Waals surface area (Å²) in [5, 5.41) is 0. The fraction of sp³-hybridized carbons (Fsp3) is 0.182. The lowest BCUT2D eigenvalue weighted by Gasteiger charge is -2.03. The largest absolute Gasteiger partial charge is 0.272 e. The van der Waals surface area contributed by atoms with Crippen LogP contribution in [0.4, 0.5) is 0 Å². The molecule has 0 atom stereocenters. The maximum Gasteiger partial charge on any atom is 0.247 e. The first-order chi connectivity index (χ1) is 6.83. The molecule has 0 bridgehead atoms. The van der Waals surface area contributed by atoms with Crippen LogP contribution in [0.1, 0.15) is 5.56 Å². The summed E-state index contributed by atoms with van der Waals surface area (Å²) in [6, 6.07) is 9.50. The van der Waals surface area contributed by atoms with Crippen LogP contribution in [0.15, 0.2) is 43.0 Å². The molecule has 0 aliphatic heterocycles. The molecule has 0 radical (unpaired) electrons. The van der Waals surface area contributed by atoms with E-state index in [1.807, 2.05) is 30.3 Å². The van der Waals surface area contributed by atoms with Crippen molar-refractivity contribution in [2.24, 2.45) is 0 Å². The standard InChI is InChI=1S/C11H13NO2/c1-2-8-14-12-11(13)9-10-6-4-3-5-7-10/h2-7H,1,8-9H2,(H,12,13). The van der Waals surface area contributed by atoms with Crippen molar-refractivity contribution >= 4 is 5.91 Å². The van der Waals surface area contributed by atoms with Crippen LogP contribution in [0, 0.1) is 0 Å². The number of hydrogen-bond donors (Lipinski definition) is 1. The smallest absolute Gasteiger partial charge is 0.247 e. The quantitative estimate of drug-likeness (QED) is 0.434. The van der Waals surface area contributed by atoms with Gasteiger partial charge in [-0.25, -0.2) is 5.48 Å². The lowest BCUT2D eigenvalue weighted by atomic mass is 10.1. The number of nitrogens with one attached hydrogen (secondary N) is 1. The average Bonchev–Trinajstić information content (AvgIpc) is 2.20. The Bertz CT molecular complexity index is 295. The molecule has 0 heterocycles. The average molecular weight is 191 g/mol. The Kier molecular flexibility index (Phi) is 4.44. The predicted molar refractivity (Wildman–Crippen MR) is 54.4 cm³/mol. The van der Waals surface area contributed by atoms with E-state index in [1.54, 1.807) is 6.08 Å². The van der Waals surface area contributed by atoms with Gasteiger partial charge in [0.2, 0.25) is 5.91 Å². The second kappa shape index (κ2) is 5.94. The highest BCUT2D eigenvalue weighted by molar-refractivity contribution is 5.77. The Labute approximate surface area is 83.3 Å². The summed E-state index contributed by atoms with van der Waals surface area (Å²) in [4.78, 5) is 16.0. The number of rotatable bonds is 5. The third-order valence-electron chi connectivity index (χ3n) is 1.59. The third-order valence-corrected chi connectivity index (χ3v) is 1.59. The van der Waals surface area contributed by atoms with Gasteiger partial charge >= 0.3 is 0 Å². The number of carbonyl (C=O) groups is 1. The zero-order chi connectivity index (χ0) is 10.2. The number of carbonyl (C=O) groups excluding carboxylic acids is 1. The van der Waals surface area contributed by atoms with Crippen molar-refractivity contribution in [3.05, 3.63) is 48.6 Å². The van der Waals surface area contributed by atoms with Gasteiger partial charge in [0.05, 0.1) is 13.0 Å². The van der Waals surface area contributed by atoms with E-state index in [4.69, 9.17) is 4.84 Å². The first-order valence-electron chi connectivity index (χ1n) is 4.38. The molecule has 14 heavy (non-hydrogen) atoms. The Morgan fingerprint density at radius 3 is 2.79 bits per heavy atom. The van der Waals surface area contributed by atoms with Gasteiger partial charge in [-0.2, -0.15) is 0 Å². The van der Waals surface area contributed by atoms with E-state index in [-0.39, 0.29) is 5.91 Å². The monoisotopic (exact) mass is 191 g/mol. The molecule has 0 saturated heterocycles. The summed E-state index contributed by atoms with van der Waals surface area (Å²) in [6.07, 6.45) is 1.90. The molecule has 1 amide bonds. The number of hydrogen-bond acceptors (Lipinski definition) is 2. The van der Waals surface area contributed by atoms with Crippen molar-refractivity contribution < 1.29 is 9.63 Å². The molecule has 3 heteroatoms. The summed E-state index contributed by atoms with van der Waals surface area (Å²) in [5.41, 5.74) is 3.29. The van der Waals surface area contributed by atoms with Crippen LogP contribution in [-0.4, -0.2) is 12.5 Å². The lowest BCUT2D eigenvalue weighted by molar-refractivity contribution is -0.131. The zero-order valence-electron chi connectivity index (χ0n) is 7.90. The zero-order valence-corrected chi connectivity index (χ0v) is 7.90. The Morgan fingerprint density at radius 1 is 1.43 bits per heavy atom. The predicted octanol–water partition coefficient (Wildman–Crippen LogP) is 1.46. The number of amides is 1. The van der Waals surface area contributed by atoms with Gasteiger partial charge in [-0.15, -0.1) is 6.58 Å². The van der Waals surface area contributed by atoms with E-state index < -0.39 is 0 Å². The van der Waals surface area contributed by atoms with Crippen molar-refractivity contribution in [1.29, 1.82) is 0 Å². The molecular formula is C11H13NO2. The van der Waals surface area contributed by atoms with E-state index in [9.17, 15) is 4.79 Å². The maximum atomic E-state index is 11.2. The fourth-order valence-corrected chi connectivity index (χ4v) is 0.998. The summed E-state index contributed by atoms with van der Waals surface area (Å²) in [5.74, 6) is -0.155. The highest BCUT2D eigenvalue weighted by Crippen LogP contribution is 1.98. The summed E-state index contributed by atoms with van der Waals surface area (Å²) >= 11 is 0. The molecule has 1 N–H and O–H groups in total. The van der Waals surface area contributed by atoms with E-state index >= 15 is 0 Å². The molecule has 0 aromatic heterocycles. The van der Waals surface area contributed by atoms with E-state index in [0.29, 0.717) is 13.0 Å². The van der Waals surface area contributed by atoms with E-state index in [0.717, 1.165) is 5.56 Å². The van der Waals surface area contributed by atoms with Crippen LogP contribution in [0.3, 0.4) is 0 Å². The van der Waals surface area contributed by atoms with Crippen molar-refractivity contribution in [3.63, 3.8) is 0 Å². The van der Waals surface area contributed by atoms with Crippen LogP contribution in [0.25, 0.3) is 0 Å². The molecule has 0 spiro atoms. The fourth-order valence-electron chi connectivity index (χ4n) is 0.998. The third kappa shape index (κ3) is 3.87. The molecule has 0 unspecified atom stereocenters. The Balaban J connectivity index is 2.31. The van der Waals surface area contributed by atoms with Gasteiger partial charge in [-0.1, -0.05) is 36.4 Å². The van der Waals surface area contributed by atoms with Gasteiger partial charge in [0.15, 0.2) is 0 Å². The maximum absolute atomic E-state index is 11.2. The van der Waals surface area contributed by atoms with Crippen molar-refractivity contribution in [2.75, 3.05) is 6.61 Å². The molecule has 0 fully saturated rings. The number of benzene rings is 1. The normalized spacial score (nSPS) is 9.43. The van der Waals surface area contributed by atoms with Gasteiger partial charge in [0.1, 0.15) is 0 Å². The molecule has 1 rings (SSSR count). The van der Waals surface area contributed by atoms with Gasteiger partial charge in [-0.05, 0) is 5.56 Å². The van der Waals surface area contributed by atoms with Crippen LogP contribution in [-0.2, 0) is 16.1 Å². The van der Waals surface area contributed by atoms with Crippen LogP contribution in [0.5, 0.6) is 0 Å². The van der Waals surface area contributed by atoms with E-state index in [1.165, 1.54) is 0 Å². The Morgan fingerprint density at radius 2 is 2.14 bits per heavy atom. The molecule has 0 aliphatic rings. The highest BCUT2D eigenvalue weighted by Gasteiger charge is 2.01. The van der Waals surface area contributed by atoms with Crippen LogP contribution >= 0.6 is 0 Å². The van der Waals surface area contributed by atoms with E-state index in [2.05, 4.69) is 12.1 Å². The lowest BCUT2D eigenvalue weighted by Crippen LogP contribution is -2.25. The van der Waals surface area contributed by atoms with Gasteiger partial charge in [0, 0.05) is 0 Å². The first-order valence-corrected chi connectivity index (χ1v) is 4.38.